The van der Waals surface area contributed by atoms with Gasteiger partial charge in [-0.15, -0.1) is 0 Å². The fourth-order valence-electron chi connectivity index (χ4n) is 2.20. The van der Waals surface area contributed by atoms with Crippen LogP contribution in [0.25, 0.3) is 0 Å². The standard InChI is InChI=1S/C16H19N/c1-11-8-12(2)10-15(9-11)17-16-13(3)6-5-7-14(16)4/h5-10,17H,1-4H3. The molecule has 0 bridgehead atoms. The summed E-state index contributed by atoms with van der Waals surface area (Å²) < 4.78 is 0. The molecular weight excluding hydrogens is 206 g/mol. The van der Waals surface area contributed by atoms with E-state index in [1.165, 1.54) is 33.6 Å². The molecule has 2 aromatic rings. The zero-order valence-corrected chi connectivity index (χ0v) is 11.0. The second kappa shape index (κ2) is 4.62. The molecule has 1 nitrogen and oxygen atoms in total. The summed E-state index contributed by atoms with van der Waals surface area (Å²) in [5.41, 5.74) is 7.53. The largest absolute Gasteiger partial charge is 0.355 e. The average Bonchev–Trinajstić information content (AvgIpc) is 2.22. The Hall–Kier alpha value is -1.76. The van der Waals surface area contributed by atoms with Gasteiger partial charge in [0.05, 0.1) is 0 Å². The Labute approximate surface area is 103 Å². The monoisotopic (exact) mass is 225 g/mol. The molecule has 0 saturated heterocycles. The lowest BCUT2D eigenvalue weighted by Crippen LogP contribution is -1.96. The van der Waals surface area contributed by atoms with Crippen molar-refractivity contribution in [1.29, 1.82) is 0 Å². The first-order valence-corrected chi connectivity index (χ1v) is 5.98. The average molecular weight is 225 g/mol. The van der Waals surface area contributed by atoms with Crippen LogP contribution < -0.4 is 5.32 Å². The molecule has 0 aliphatic heterocycles. The molecule has 2 aromatic carbocycles. The molecule has 0 atom stereocenters. The van der Waals surface area contributed by atoms with E-state index in [2.05, 4.69) is 69.4 Å². The molecule has 0 amide bonds. The van der Waals surface area contributed by atoms with Gasteiger partial charge in [-0.05, 0) is 62.1 Å². The van der Waals surface area contributed by atoms with Crippen molar-refractivity contribution < 1.29 is 0 Å². The second-order valence-corrected chi connectivity index (χ2v) is 4.77. The minimum Gasteiger partial charge on any atom is -0.355 e. The molecule has 0 aromatic heterocycles. The number of nitrogens with one attached hydrogen (secondary N) is 1. The van der Waals surface area contributed by atoms with Crippen LogP contribution in [-0.2, 0) is 0 Å². The van der Waals surface area contributed by atoms with E-state index in [-0.39, 0.29) is 0 Å². The van der Waals surface area contributed by atoms with Crippen molar-refractivity contribution in [2.75, 3.05) is 5.32 Å². The smallest absolute Gasteiger partial charge is 0.0443 e. The molecule has 1 heteroatoms. The van der Waals surface area contributed by atoms with Crippen molar-refractivity contribution in [2.24, 2.45) is 0 Å². The summed E-state index contributed by atoms with van der Waals surface area (Å²) in [4.78, 5) is 0. The Morgan fingerprint density at radius 1 is 0.765 bits per heavy atom. The van der Waals surface area contributed by atoms with E-state index in [1.807, 2.05) is 0 Å². The lowest BCUT2D eigenvalue weighted by molar-refractivity contribution is 1.33. The van der Waals surface area contributed by atoms with Gasteiger partial charge >= 0.3 is 0 Å². The van der Waals surface area contributed by atoms with Gasteiger partial charge in [0.2, 0.25) is 0 Å². The predicted molar refractivity (Wildman–Crippen MR) is 75.1 cm³/mol. The summed E-state index contributed by atoms with van der Waals surface area (Å²) in [6.07, 6.45) is 0. The van der Waals surface area contributed by atoms with E-state index in [0.717, 1.165) is 0 Å². The Bertz CT molecular complexity index is 501. The first kappa shape index (κ1) is 11.7. The van der Waals surface area contributed by atoms with E-state index in [9.17, 15) is 0 Å². The van der Waals surface area contributed by atoms with Gasteiger partial charge in [-0.25, -0.2) is 0 Å². The van der Waals surface area contributed by atoms with Crippen molar-refractivity contribution in [3.05, 3.63) is 58.7 Å². The molecule has 2 rings (SSSR count). The van der Waals surface area contributed by atoms with E-state index in [0.29, 0.717) is 0 Å². The molecule has 0 aliphatic carbocycles. The van der Waals surface area contributed by atoms with Gasteiger partial charge < -0.3 is 5.32 Å². The third-order valence-corrected chi connectivity index (χ3v) is 2.97. The van der Waals surface area contributed by atoms with Crippen LogP contribution in [0.1, 0.15) is 22.3 Å². The fraction of sp³-hybridized carbons (Fsp3) is 0.250. The summed E-state index contributed by atoms with van der Waals surface area (Å²) in [5.74, 6) is 0. The maximum absolute atomic E-state index is 3.52. The lowest BCUT2D eigenvalue weighted by atomic mass is 10.1. The number of hydrogen-bond acceptors (Lipinski definition) is 1. The number of anilines is 2. The van der Waals surface area contributed by atoms with Gasteiger partial charge in [0.25, 0.3) is 0 Å². The van der Waals surface area contributed by atoms with Crippen LogP contribution in [0.2, 0.25) is 0 Å². The summed E-state index contributed by atoms with van der Waals surface area (Å²) >= 11 is 0. The predicted octanol–water partition coefficient (Wildman–Crippen LogP) is 4.66. The highest BCUT2D eigenvalue weighted by molar-refractivity contribution is 5.67. The first-order valence-electron chi connectivity index (χ1n) is 5.98. The third kappa shape index (κ3) is 2.68. The zero-order chi connectivity index (χ0) is 12.4. The molecule has 0 heterocycles. The summed E-state index contributed by atoms with van der Waals surface area (Å²) in [6, 6.07) is 12.9. The van der Waals surface area contributed by atoms with E-state index < -0.39 is 0 Å². The van der Waals surface area contributed by atoms with Gasteiger partial charge in [0, 0.05) is 11.4 Å². The number of hydrogen-bond donors (Lipinski definition) is 1. The topological polar surface area (TPSA) is 12.0 Å². The van der Waals surface area contributed by atoms with E-state index in [4.69, 9.17) is 0 Å². The van der Waals surface area contributed by atoms with Crippen LogP contribution in [0, 0.1) is 27.7 Å². The van der Waals surface area contributed by atoms with Crippen molar-refractivity contribution in [2.45, 2.75) is 27.7 Å². The SMILES string of the molecule is Cc1cc(C)cc(Nc2c(C)cccc2C)c1. The molecule has 0 saturated carbocycles. The highest BCUT2D eigenvalue weighted by atomic mass is 14.9. The van der Waals surface area contributed by atoms with Gasteiger partial charge in [0.1, 0.15) is 0 Å². The molecule has 1 N–H and O–H groups in total. The normalized spacial score (nSPS) is 10.4. The van der Waals surface area contributed by atoms with Gasteiger partial charge in [-0.3, -0.25) is 0 Å². The summed E-state index contributed by atoms with van der Waals surface area (Å²) in [7, 11) is 0. The summed E-state index contributed by atoms with van der Waals surface area (Å²) in [5, 5.41) is 3.52. The zero-order valence-electron chi connectivity index (χ0n) is 11.0. The quantitative estimate of drug-likeness (QED) is 0.783. The van der Waals surface area contributed by atoms with Crippen LogP contribution in [0.4, 0.5) is 11.4 Å². The Morgan fingerprint density at radius 2 is 1.29 bits per heavy atom. The van der Waals surface area contributed by atoms with Crippen molar-refractivity contribution in [3.63, 3.8) is 0 Å². The molecule has 0 unspecified atom stereocenters. The third-order valence-electron chi connectivity index (χ3n) is 2.97. The Morgan fingerprint density at radius 3 is 1.82 bits per heavy atom. The minimum atomic E-state index is 1.17. The Kier molecular flexibility index (Phi) is 3.19. The van der Waals surface area contributed by atoms with Gasteiger partial charge in [-0.1, -0.05) is 24.3 Å². The number of aryl methyl sites for hydroxylation is 4. The van der Waals surface area contributed by atoms with Crippen LogP contribution in [0.5, 0.6) is 0 Å². The molecular formula is C16H19N. The van der Waals surface area contributed by atoms with Crippen LogP contribution in [-0.4, -0.2) is 0 Å². The van der Waals surface area contributed by atoms with E-state index >= 15 is 0 Å². The molecule has 0 fully saturated rings. The minimum absolute atomic E-state index is 1.17. The van der Waals surface area contributed by atoms with Crippen LogP contribution >= 0.6 is 0 Å². The van der Waals surface area contributed by atoms with Crippen molar-refractivity contribution in [3.8, 4) is 0 Å². The molecule has 17 heavy (non-hydrogen) atoms. The van der Waals surface area contributed by atoms with Crippen LogP contribution in [0.3, 0.4) is 0 Å². The summed E-state index contributed by atoms with van der Waals surface area (Å²) in [6.45, 7) is 8.53. The first-order chi connectivity index (χ1) is 8.06. The lowest BCUT2D eigenvalue weighted by Gasteiger charge is -2.13. The second-order valence-electron chi connectivity index (χ2n) is 4.77. The van der Waals surface area contributed by atoms with Crippen LogP contribution in [0.15, 0.2) is 36.4 Å². The number of para-hydroxylation sites is 1. The maximum Gasteiger partial charge on any atom is 0.0443 e. The molecule has 88 valence electrons. The highest BCUT2D eigenvalue weighted by Crippen LogP contribution is 2.25. The number of benzene rings is 2. The van der Waals surface area contributed by atoms with Crippen molar-refractivity contribution >= 4 is 11.4 Å². The molecule has 0 radical (unpaired) electrons. The van der Waals surface area contributed by atoms with E-state index in [1.54, 1.807) is 0 Å². The maximum atomic E-state index is 3.52. The van der Waals surface area contributed by atoms with Gasteiger partial charge in [0.15, 0.2) is 0 Å². The number of rotatable bonds is 2. The van der Waals surface area contributed by atoms with Gasteiger partial charge in [-0.2, -0.15) is 0 Å². The fourth-order valence-corrected chi connectivity index (χ4v) is 2.20. The molecule has 0 aliphatic rings. The molecule has 0 spiro atoms. The highest BCUT2D eigenvalue weighted by Gasteiger charge is 2.03. The Balaban J connectivity index is 2.38. The van der Waals surface area contributed by atoms with Crippen molar-refractivity contribution in [1.82, 2.24) is 0 Å².